The molecule has 0 spiro atoms. The lowest BCUT2D eigenvalue weighted by Gasteiger charge is -2.31. The number of nitrogens with zero attached hydrogens (tertiary/aromatic N) is 1. The molecule has 94 valence electrons. The van der Waals surface area contributed by atoms with Gasteiger partial charge in [0.25, 0.3) is 5.91 Å². The summed E-state index contributed by atoms with van der Waals surface area (Å²) in [6, 6.07) is 3.22. The first-order valence-electron chi connectivity index (χ1n) is 5.50. The third-order valence-corrected chi connectivity index (χ3v) is 2.57. The number of aryl methyl sites for hydroxylation is 2. The van der Waals surface area contributed by atoms with Crippen molar-refractivity contribution >= 4 is 5.91 Å². The van der Waals surface area contributed by atoms with E-state index in [0.717, 1.165) is 10.6 Å². The van der Waals surface area contributed by atoms with Gasteiger partial charge in [0, 0.05) is 0 Å². The summed E-state index contributed by atoms with van der Waals surface area (Å²) in [6.07, 6.45) is 0. The van der Waals surface area contributed by atoms with Crippen LogP contribution < -0.4 is 5.84 Å². The second-order valence-corrected chi connectivity index (χ2v) is 5.29. The third-order valence-electron chi connectivity index (χ3n) is 2.57. The number of halogens is 1. The molecule has 0 saturated carbocycles. The average Bonchev–Trinajstić information content (AvgIpc) is 2.20. The molecule has 0 unspecified atom stereocenters. The Bertz CT molecular complexity index is 449. The van der Waals surface area contributed by atoms with Crippen molar-refractivity contribution in [1.82, 2.24) is 5.01 Å². The van der Waals surface area contributed by atoms with Crippen molar-refractivity contribution in [2.75, 3.05) is 0 Å². The fraction of sp³-hybridized carbons (Fsp3) is 0.462. The lowest BCUT2D eigenvalue weighted by atomic mass is 10.0. The van der Waals surface area contributed by atoms with Crippen molar-refractivity contribution in [3.63, 3.8) is 0 Å². The van der Waals surface area contributed by atoms with E-state index in [2.05, 4.69) is 0 Å². The van der Waals surface area contributed by atoms with Gasteiger partial charge in [0.1, 0.15) is 5.82 Å². The van der Waals surface area contributed by atoms with Gasteiger partial charge in [-0.1, -0.05) is 6.07 Å². The number of rotatable bonds is 1. The Hall–Kier alpha value is -1.42. The zero-order valence-electron chi connectivity index (χ0n) is 11.0. The molecule has 0 saturated heterocycles. The molecule has 4 heteroatoms. The molecule has 2 N–H and O–H groups in total. The maximum atomic E-state index is 13.9. The number of hydrazine groups is 1. The minimum Gasteiger partial charge on any atom is -0.271 e. The summed E-state index contributed by atoms with van der Waals surface area (Å²) in [5.41, 5.74) is 0.784. The molecule has 0 aliphatic carbocycles. The molecular weight excluding hydrogens is 219 g/mol. The Morgan fingerprint density at radius 1 is 1.29 bits per heavy atom. The van der Waals surface area contributed by atoms with E-state index in [0.29, 0.717) is 5.56 Å². The molecule has 0 fully saturated rings. The van der Waals surface area contributed by atoms with Crippen molar-refractivity contribution in [1.29, 1.82) is 0 Å². The molecule has 0 heterocycles. The fourth-order valence-corrected chi connectivity index (χ4v) is 1.54. The predicted molar refractivity (Wildman–Crippen MR) is 66.0 cm³/mol. The Kier molecular flexibility index (Phi) is 3.57. The van der Waals surface area contributed by atoms with Crippen LogP contribution in [0.15, 0.2) is 12.1 Å². The highest BCUT2D eigenvalue weighted by Crippen LogP contribution is 2.19. The van der Waals surface area contributed by atoms with Crippen molar-refractivity contribution in [2.24, 2.45) is 5.84 Å². The van der Waals surface area contributed by atoms with Crippen molar-refractivity contribution in [3.05, 3.63) is 34.6 Å². The molecule has 0 aliphatic rings. The number of carbonyl (C=O) groups is 1. The van der Waals surface area contributed by atoms with E-state index >= 15 is 0 Å². The molecule has 0 aliphatic heterocycles. The smallest absolute Gasteiger partial charge is 0.271 e. The van der Waals surface area contributed by atoms with Crippen LogP contribution >= 0.6 is 0 Å². The van der Waals surface area contributed by atoms with Crippen LogP contribution in [-0.4, -0.2) is 16.5 Å². The summed E-state index contributed by atoms with van der Waals surface area (Å²) in [6.45, 7) is 8.85. The molecule has 1 aromatic carbocycles. The quantitative estimate of drug-likeness (QED) is 0.464. The van der Waals surface area contributed by atoms with Crippen LogP contribution in [0.1, 0.15) is 42.3 Å². The van der Waals surface area contributed by atoms with E-state index in [1.165, 1.54) is 6.07 Å². The highest BCUT2D eigenvalue weighted by molar-refractivity contribution is 5.95. The summed E-state index contributed by atoms with van der Waals surface area (Å²) >= 11 is 0. The number of carbonyl (C=O) groups excluding carboxylic acids is 1. The van der Waals surface area contributed by atoms with Gasteiger partial charge in [-0.15, -0.1) is 0 Å². The predicted octanol–water partition coefficient (Wildman–Crippen LogP) is 2.56. The molecule has 3 nitrogen and oxygen atoms in total. The highest BCUT2D eigenvalue weighted by Gasteiger charge is 2.27. The van der Waals surface area contributed by atoms with Gasteiger partial charge in [-0.05, 0) is 51.8 Å². The summed E-state index contributed by atoms with van der Waals surface area (Å²) in [4.78, 5) is 12.1. The van der Waals surface area contributed by atoms with Crippen molar-refractivity contribution in [3.8, 4) is 0 Å². The van der Waals surface area contributed by atoms with Gasteiger partial charge in [-0.3, -0.25) is 9.80 Å². The molecular formula is C13H19FN2O. The first-order chi connectivity index (χ1) is 7.64. The minimum atomic E-state index is -0.541. The van der Waals surface area contributed by atoms with Crippen LogP contribution in [0.25, 0.3) is 0 Å². The number of benzene rings is 1. The zero-order valence-corrected chi connectivity index (χ0v) is 11.0. The van der Waals surface area contributed by atoms with Crippen LogP contribution in [-0.2, 0) is 0 Å². The molecule has 17 heavy (non-hydrogen) atoms. The number of hydrogen-bond acceptors (Lipinski definition) is 2. The average molecular weight is 238 g/mol. The molecule has 0 radical (unpaired) electrons. The highest BCUT2D eigenvalue weighted by atomic mass is 19.1. The first-order valence-corrected chi connectivity index (χ1v) is 5.50. The maximum absolute atomic E-state index is 13.9. The largest absolute Gasteiger partial charge is 0.271 e. The number of nitrogens with two attached hydrogens (primary N) is 1. The standard InChI is InChI=1S/C13H19FN2O/c1-8-6-9(2)11(14)10(7-8)12(17)16(15)13(3,4)5/h6-7H,15H2,1-5H3. The summed E-state index contributed by atoms with van der Waals surface area (Å²) in [7, 11) is 0. The number of amides is 1. The van der Waals surface area contributed by atoms with Gasteiger partial charge in [0.2, 0.25) is 0 Å². The zero-order chi connectivity index (χ0) is 13.4. The van der Waals surface area contributed by atoms with Gasteiger partial charge in [-0.2, -0.15) is 0 Å². The lowest BCUT2D eigenvalue weighted by Crippen LogP contribution is -2.50. The molecule has 0 bridgehead atoms. The maximum Gasteiger partial charge on any atom is 0.271 e. The van der Waals surface area contributed by atoms with E-state index < -0.39 is 17.3 Å². The fourth-order valence-electron chi connectivity index (χ4n) is 1.54. The van der Waals surface area contributed by atoms with Crippen LogP contribution in [0.4, 0.5) is 4.39 Å². The summed E-state index contributed by atoms with van der Waals surface area (Å²) < 4.78 is 13.9. The van der Waals surface area contributed by atoms with E-state index in [1.807, 2.05) is 6.92 Å². The normalized spacial score (nSPS) is 11.5. The SMILES string of the molecule is Cc1cc(C)c(F)c(C(=O)N(N)C(C)(C)C)c1. The van der Waals surface area contributed by atoms with Crippen molar-refractivity contribution < 1.29 is 9.18 Å². The Labute approximate surface area is 101 Å². The topological polar surface area (TPSA) is 46.3 Å². The van der Waals surface area contributed by atoms with Gasteiger partial charge < -0.3 is 0 Å². The van der Waals surface area contributed by atoms with Crippen LogP contribution in [0.5, 0.6) is 0 Å². The Morgan fingerprint density at radius 2 is 1.82 bits per heavy atom. The molecule has 1 aromatic rings. The van der Waals surface area contributed by atoms with Crippen LogP contribution in [0, 0.1) is 19.7 Å². The van der Waals surface area contributed by atoms with Gasteiger partial charge in [0.05, 0.1) is 11.1 Å². The van der Waals surface area contributed by atoms with Crippen LogP contribution in [0.3, 0.4) is 0 Å². The van der Waals surface area contributed by atoms with E-state index in [9.17, 15) is 9.18 Å². The summed E-state index contributed by atoms with van der Waals surface area (Å²) in [5.74, 6) is 4.71. The van der Waals surface area contributed by atoms with Gasteiger partial charge >= 0.3 is 0 Å². The Balaban J connectivity index is 3.22. The summed E-state index contributed by atoms with van der Waals surface area (Å²) in [5, 5.41) is 1.06. The van der Waals surface area contributed by atoms with Crippen LogP contribution in [0.2, 0.25) is 0 Å². The monoisotopic (exact) mass is 238 g/mol. The third kappa shape index (κ3) is 2.82. The second kappa shape index (κ2) is 4.45. The van der Waals surface area contributed by atoms with Crippen molar-refractivity contribution in [2.45, 2.75) is 40.2 Å². The van der Waals surface area contributed by atoms with E-state index in [-0.39, 0.29) is 5.56 Å². The molecule has 1 amide bonds. The molecule has 0 aromatic heterocycles. The van der Waals surface area contributed by atoms with Gasteiger partial charge in [-0.25, -0.2) is 10.2 Å². The minimum absolute atomic E-state index is 0.0277. The van der Waals surface area contributed by atoms with E-state index in [1.54, 1.807) is 33.8 Å². The first kappa shape index (κ1) is 13.6. The number of hydrogen-bond donors (Lipinski definition) is 1. The molecule has 0 atom stereocenters. The van der Waals surface area contributed by atoms with Gasteiger partial charge in [0.15, 0.2) is 0 Å². The van der Waals surface area contributed by atoms with E-state index in [4.69, 9.17) is 5.84 Å². The second-order valence-electron chi connectivity index (χ2n) is 5.29. The Morgan fingerprint density at radius 3 is 2.29 bits per heavy atom. The lowest BCUT2D eigenvalue weighted by molar-refractivity contribution is 0.0576. The molecule has 1 rings (SSSR count).